The molecule has 34 heavy (non-hydrogen) atoms. The Morgan fingerprint density at radius 1 is 0.971 bits per heavy atom. The summed E-state index contributed by atoms with van der Waals surface area (Å²) in [6.07, 6.45) is -9.41. The zero-order valence-corrected chi connectivity index (χ0v) is 19.9. The summed E-state index contributed by atoms with van der Waals surface area (Å²) in [5, 5.41) is 0. The van der Waals surface area contributed by atoms with Crippen molar-refractivity contribution in [2.75, 3.05) is 20.2 Å². The normalized spacial score (nSPS) is 16.7. The number of rotatable bonds is 3. The summed E-state index contributed by atoms with van der Waals surface area (Å²) in [6.45, 7) is 8.82. The molecule has 0 radical (unpaired) electrons. The van der Waals surface area contributed by atoms with Crippen molar-refractivity contribution in [1.29, 1.82) is 0 Å². The lowest BCUT2D eigenvalue weighted by molar-refractivity contribution is -0.143. The van der Waals surface area contributed by atoms with Gasteiger partial charge in [-0.1, -0.05) is 44.2 Å². The Kier molecular flexibility index (Phi) is 11.1. The van der Waals surface area contributed by atoms with E-state index in [2.05, 4.69) is 24.3 Å². The predicted molar refractivity (Wildman–Crippen MR) is 119 cm³/mol. The fourth-order valence-corrected chi connectivity index (χ4v) is 3.39. The van der Waals surface area contributed by atoms with Gasteiger partial charge in [-0.05, 0) is 42.7 Å². The Morgan fingerprint density at radius 3 is 1.85 bits per heavy atom. The van der Waals surface area contributed by atoms with Gasteiger partial charge in [0.05, 0.1) is 17.2 Å². The minimum Gasteiger partial charge on any atom is -0.377 e. The van der Waals surface area contributed by atoms with Crippen molar-refractivity contribution < 1.29 is 35.9 Å². The number of ether oxygens (including phenoxy) is 1. The first-order valence-corrected chi connectivity index (χ1v) is 11.0. The SMILES string of the molecule is CC.CC(=O)N1CC[C@H](c2ccccc2)C1.COC(C)c1cc(C(F)(F)F)cc(C(F)(F)F)c1. The fourth-order valence-electron chi connectivity index (χ4n) is 3.39. The average molecular weight is 492 g/mol. The number of nitrogens with zero attached hydrogens (tertiary/aromatic N) is 1. The van der Waals surface area contributed by atoms with Crippen molar-refractivity contribution in [3.63, 3.8) is 0 Å². The van der Waals surface area contributed by atoms with E-state index in [4.69, 9.17) is 4.74 Å². The molecular formula is C25H31F6NO2. The highest BCUT2D eigenvalue weighted by Crippen LogP contribution is 2.37. The molecule has 0 saturated carbocycles. The van der Waals surface area contributed by atoms with Gasteiger partial charge in [-0.3, -0.25) is 4.79 Å². The van der Waals surface area contributed by atoms with Crippen molar-refractivity contribution in [1.82, 2.24) is 4.90 Å². The van der Waals surface area contributed by atoms with Crippen LogP contribution in [0.2, 0.25) is 0 Å². The number of alkyl halides is 6. The molecule has 190 valence electrons. The average Bonchev–Trinajstić information content (AvgIpc) is 3.30. The second-order valence-electron chi connectivity index (χ2n) is 7.58. The molecule has 1 fully saturated rings. The van der Waals surface area contributed by atoms with Gasteiger partial charge < -0.3 is 9.64 Å². The number of hydrogen-bond acceptors (Lipinski definition) is 2. The molecule has 0 aromatic heterocycles. The molecule has 1 heterocycles. The number of carbonyl (C=O) groups is 1. The van der Waals surface area contributed by atoms with Crippen LogP contribution in [0.25, 0.3) is 0 Å². The highest BCUT2D eigenvalue weighted by atomic mass is 19.4. The Bertz CT molecular complexity index is 864. The van der Waals surface area contributed by atoms with Crippen LogP contribution >= 0.6 is 0 Å². The summed E-state index contributed by atoms with van der Waals surface area (Å²) in [7, 11) is 1.21. The van der Waals surface area contributed by atoms with Crippen molar-refractivity contribution in [3.05, 3.63) is 70.8 Å². The van der Waals surface area contributed by atoms with Crippen molar-refractivity contribution >= 4 is 5.91 Å². The van der Waals surface area contributed by atoms with Crippen LogP contribution in [0.5, 0.6) is 0 Å². The third kappa shape index (κ3) is 8.66. The van der Waals surface area contributed by atoms with Crippen molar-refractivity contribution in [3.8, 4) is 0 Å². The molecule has 0 N–H and O–H groups in total. The van der Waals surface area contributed by atoms with Gasteiger partial charge in [0.1, 0.15) is 0 Å². The van der Waals surface area contributed by atoms with Gasteiger partial charge in [0.25, 0.3) is 0 Å². The predicted octanol–water partition coefficient (Wildman–Crippen LogP) is 7.48. The van der Waals surface area contributed by atoms with Gasteiger partial charge in [-0.2, -0.15) is 26.3 Å². The van der Waals surface area contributed by atoms with E-state index >= 15 is 0 Å². The summed E-state index contributed by atoms with van der Waals surface area (Å²) in [6, 6.07) is 11.8. The Hall–Kier alpha value is -2.55. The van der Waals surface area contributed by atoms with E-state index in [0.717, 1.165) is 19.5 Å². The molecule has 2 atom stereocenters. The molecule has 1 saturated heterocycles. The number of likely N-dealkylation sites (tertiary alicyclic amines) is 1. The Balaban J connectivity index is 0.000000324. The lowest BCUT2D eigenvalue weighted by Gasteiger charge is -2.17. The van der Waals surface area contributed by atoms with Gasteiger partial charge in [-0.15, -0.1) is 0 Å². The summed E-state index contributed by atoms with van der Waals surface area (Å²) in [5.41, 5.74) is -1.48. The molecule has 0 spiro atoms. The Morgan fingerprint density at radius 2 is 1.47 bits per heavy atom. The van der Waals surface area contributed by atoms with E-state index < -0.39 is 29.6 Å². The van der Waals surface area contributed by atoms with Crippen LogP contribution in [0.4, 0.5) is 26.3 Å². The van der Waals surface area contributed by atoms with E-state index in [9.17, 15) is 31.1 Å². The van der Waals surface area contributed by atoms with Gasteiger partial charge in [-0.25, -0.2) is 0 Å². The minimum absolute atomic E-state index is 0.0892. The second kappa shape index (κ2) is 12.8. The first kappa shape index (κ1) is 29.5. The third-order valence-electron chi connectivity index (χ3n) is 5.34. The number of benzene rings is 2. The quantitative estimate of drug-likeness (QED) is 0.417. The van der Waals surface area contributed by atoms with E-state index in [1.807, 2.05) is 24.8 Å². The molecule has 0 aliphatic carbocycles. The van der Waals surface area contributed by atoms with Crippen LogP contribution in [-0.2, 0) is 21.9 Å². The zero-order chi connectivity index (χ0) is 26.1. The van der Waals surface area contributed by atoms with Crippen LogP contribution in [0, 0.1) is 0 Å². The molecule has 1 unspecified atom stereocenters. The maximum atomic E-state index is 12.5. The standard InChI is InChI=1S/C12H15NO.C11H10F6O.C2H6/c1-10(14)13-8-7-12(9-13)11-5-3-2-4-6-11;1-6(18-2)7-3-8(10(12,13)14)5-9(4-7)11(15,16)17;1-2/h2-6,12H,7-9H2,1H3;3-6H,1-2H3;1-2H3/t12-;;/m0../s1. The van der Waals surface area contributed by atoms with Gasteiger partial charge in [0, 0.05) is 33.0 Å². The molecular weight excluding hydrogens is 460 g/mol. The smallest absolute Gasteiger partial charge is 0.377 e. The third-order valence-corrected chi connectivity index (χ3v) is 5.34. The van der Waals surface area contributed by atoms with Crippen LogP contribution in [0.1, 0.15) is 68.4 Å². The van der Waals surface area contributed by atoms with Crippen LogP contribution in [0.15, 0.2) is 48.5 Å². The summed E-state index contributed by atoms with van der Waals surface area (Å²) >= 11 is 0. The summed E-state index contributed by atoms with van der Waals surface area (Å²) < 4.78 is 79.7. The van der Waals surface area contributed by atoms with Crippen LogP contribution in [-0.4, -0.2) is 31.0 Å². The lowest BCUT2D eigenvalue weighted by Crippen LogP contribution is -2.25. The highest BCUT2D eigenvalue weighted by Gasteiger charge is 2.37. The molecule has 1 aliphatic rings. The van der Waals surface area contributed by atoms with E-state index in [0.29, 0.717) is 18.1 Å². The van der Waals surface area contributed by atoms with Crippen molar-refractivity contribution in [2.45, 2.75) is 58.5 Å². The molecule has 0 bridgehead atoms. The first-order chi connectivity index (χ1) is 15.8. The lowest BCUT2D eigenvalue weighted by atomic mass is 9.99. The first-order valence-electron chi connectivity index (χ1n) is 11.0. The maximum Gasteiger partial charge on any atom is 0.416 e. The highest BCUT2D eigenvalue weighted by molar-refractivity contribution is 5.73. The second-order valence-corrected chi connectivity index (χ2v) is 7.58. The van der Waals surface area contributed by atoms with Gasteiger partial charge in [0.15, 0.2) is 0 Å². The molecule has 9 heteroatoms. The van der Waals surface area contributed by atoms with Gasteiger partial charge in [0.2, 0.25) is 5.91 Å². The monoisotopic (exact) mass is 491 g/mol. The van der Waals surface area contributed by atoms with Crippen LogP contribution in [0.3, 0.4) is 0 Å². The number of amides is 1. The molecule has 3 rings (SSSR count). The molecule has 2 aromatic carbocycles. The number of carbonyl (C=O) groups excluding carboxylic acids is 1. The number of hydrogen-bond donors (Lipinski definition) is 0. The fraction of sp³-hybridized carbons (Fsp3) is 0.480. The van der Waals surface area contributed by atoms with E-state index in [1.165, 1.54) is 19.6 Å². The molecule has 3 nitrogen and oxygen atoms in total. The molecule has 1 amide bonds. The summed E-state index contributed by atoms with van der Waals surface area (Å²) in [5.74, 6) is 0.739. The molecule has 2 aromatic rings. The van der Waals surface area contributed by atoms with Gasteiger partial charge >= 0.3 is 12.4 Å². The topological polar surface area (TPSA) is 29.5 Å². The largest absolute Gasteiger partial charge is 0.416 e. The number of halogens is 6. The van der Waals surface area contributed by atoms with E-state index in [-0.39, 0.29) is 17.5 Å². The Labute approximate surface area is 196 Å². The van der Waals surface area contributed by atoms with Crippen LogP contribution < -0.4 is 0 Å². The minimum atomic E-state index is -4.83. The molecule has 1 aliphatic heterocycles. The zero-order valence-electron chi connectivity index (χ0n) is 19.9. The summed E-state index contributed by atoms with van der Waals surface area (Å²) in [4.78, 5) is 13.1. The number of methoxy groups -OCH3 is 1. The maximum absolute atomic E-state index is 12.5. The van der Waals surface area contributed by atoms with Crippen molar-refractivity contribution in [2.24, 2.45) is 0 Å². The van der Waals surface area contributed by atoms with E-state index in [1.54, 1.807) is 6.92 Å².